The van der Waals surface area contributed by atoms with Crippen LogP contribution in [0.25, 0.3) is 0 Å². The Kier molecular flexibility index (Phi) is 7.72. The van der Waals surface area contributed by atoms with Gasteiger partial charge in [-0.1, -0.05) is 48.0 Å². The third-order valence-electron chi connectivity index (χ3n) is 5.34. The molecule has 0 saturated heterocycles. The van der Waals surface area contributed by atoms with Crippen molar-refractivity contribution in [3.8, 4) is 0 Å². The molecule has 1 amide bonds. The van der Waals surface area contributed by atoms with E-state index >= 15 is 0 Å². The van der Waals surface area contributed by atoms with Crippen LogP contribution in [-0.2, 0) is 23.1 Å². The van der Waals surface area contributed by atoms with Gasteiger partial charge in [0, 0.05) is 12.1 Å². The van der Waals surface area contributed by atoms with Crippen molar-refractivity contribution in [3.05, 3.63) is 125 Å². The fraction of sp³-hybridized carbons (Fsp3) is 0.111. The number of carbonyl (C=O) groups excluding carboxylic acids is 1. The van der Waals surface area contributed by atoms with Crippen LogP contribution in [0.2, 0.25) is 0 Å². The highest BCUT2D eigenvalue weighted by Crippen LogP contribution is 2.22. The summed E-state index contributed by atoms with van der Waals surface area (Å²) in [7, 11) is -3.81. The van der Waals surface area contributed by atoms with Crippen LogP contribution in [-0.4, -0.2) is 24.8 Å². The fourth-order valence-corrected chi connectivity index (χ4v) is 4.81. The minimum atomic E-state index is -3.81. The maximum absolute atomic E-state index is 13.4. The number of nitrogens with one attached hydrogen (secondary N) is 1. The molecule has 184 valence electrons. The second-order valence-electron chi connectivity index (χ2n) is 8.08. The Morgan fingerprint density at radius 2 is 1.64 bits per heavy atom. The topological polar surface area (TPSA) is 92.0 Å². The van der Waals surface area contributed by atoms with Gasteiger partial charge in [0.2, 0.25) is 10.0 Å². The summed E-state index contributed by atoms with van der Waals surface area (Å²) in [5, 5.41) is 3.86. The van der Waals surface area contributed by atoms with E-state index in [1.807, 2.05) is 37.3 Å². The molecule has 7 nitrogen and oxygen atoms in total. The smallest absolute Gasteiger partial charge is 0.271 e. The summed E-state index contributed by atoms with van der Waals surface area (Å²) in [5.74, 6) is -0.204. The molecule has 0 fully saturated rings. The first-order valence-electron chi connectivity index (χ1n) is 11.1. The normalized spacial score (nSPS) is 11.8. The number of sulfonamides is 1. The number of hydrogen-bond donors (Lipinski definition) is 1. The van der Waals surface area contributed by atoms with Gasteiger partial charge in [-0.2, -0.15) is 9.41 Å². The average molecular weight is 506 g/mol. The van der Waals surface area contributed by atoms with Crippen molar-refractivity contribution in [3.63, 3.8) is 0 Å². The second-order valence-corrected chi connectivity index (χ2v) is 10.0. The van der Waals surface area contributed by atoms with Gasteiger partial charge in [-0.25, -0.2) is 18.2 Å². The monoisotopic (exact) mass is 505 g/mol. The lowest BCUT2D eigenvalue weighted by Crippen LogP contribution is -2.30. The number of hydrogen-bond acceptors (Lipinski definition) is 5. The Bertz CT molecular complexity index is 1450. The SMILES string of the molecule is Cc1ccc(S(=O)(=O)N(Cc2ccccc2)Cc2ccc(/C=N\NC(=O)c3ccc(F)cc3)o2)cc1. The van der Waals surface area contributed by atoms with E-state index in [0.717, 1.165) is 11.1 Å². The Balaban J connectivity index is 1.49. The van der Waals surface area contributed by atoms with Crippen LogP contribution in [0.15, 0.2) is 105 Å². The molecule has 0 spiro atoms. The molecule has 0 unspecified atom stereocenters. The zero-order valence-electron chi connectivity index (χ0n) is 19.5. The van der Waals surface area contributed by atoms with Gasteiger partial charge in [-0.3, -0.25) is 4.79 Å². The molecule has 0 aliphatic carbocycles. The van der Waals surface area contributed by atoms with Gasteiger partial charge in [0.15, 0.2) is 0 Å². The van der Waals surface area contributed by atoms with Crippen molar-refractivity contribution >= 4 is 22.1 Å². The predicted molar refractivity (Wildman–Crippen MR) is 134 cm³/mol. The van der Waals surface area contributed by atoms with Crippen molar-refractivity contribution in [2.75, 3.05) is 0 Å². The fourth-order valence-electron chi connectivity index (χ4n) is 3.42. The highest BCUT2D eigenvalue weighted by atomic mass is 32.2. The zero-order chi connectivity index (χ0) is 25.5. The van der Waals surface area contributed by atoms with Crippen LogP contribution in [0.5, 0.6) is 0 Å². The van der Waals surface area contributed by atoms with Gasteiger partial charge >= 0.3 is 0 Å². The maximum Gasteiger partial charge on any atom is 0.271 e. The summed E-state index contributed by atoms with van der Waals surface area (Å²) in [5.41, 5.74) is 4.40. The number of amides is 1. The minimum absolute atomic E-state index is 0.000876. The molecule has 4 rings (SSSR count). The highest BCUT2D eigenvalue weighted by Gasteiger charge is 2.26. The van der Waals surface area contributed by atoms with E-state index in [9.17, 15) is 17.6 Å². The van der Waals surface area contributed by atoms with Crippen LogP contribution in [0, 0.1) is 12.7 Å². The van der Waals surface area contributed by atoms with E-state index in [2.05, 4.69) is 10.5 Å². The van der Waals surface area contributed by atoms with Crippen LogP contribution >= 0.6 is 0 Å². The van der Waals surface area contributed by atoms with Crippen molar-refractivity contribution in [1.82, 2.24) is 9.73 Å². The van der Waals surface area contributed by atoms with Gasteiger partial charge in [0.25, 0.3) is 5.91 Å². The number of furan rings is 1. The molecule has 0 aliphatic heterocycles. The number of hydrazone groups is 1. The number of carbonyl (C=O) groups is 1. The molecule has 0 bridgehead atoms. The first-order valence-corrected chi connectivity index (χ1v) is 12.5. The Morgan fingerprint density at radius 1 is 0.944 bits per heavy atom. The number of nitrogens with zero attached hydrogens (tertiary/aromatic N) is 2. The van der Waals surface area contributed by atoms with Gasteiger partial charge < -0.3 is 4.42 Å². The number of rotatable bonds is 9. The summed E-state index contributed by atoms with van der Waals surface area (Å²) in [6.45, 7) is 2.06. The molecule has 3 aromatic carbocycles. The molecular weight excluding hydrogens is 481 g/mol. The zero-order valence-corrected chi connectivity index (χ0v) is 20.3. The van der Waals surface area contributed by atoms with Gasteiger partial charge in [0.05, 0.1) is 17.7 Å². The lowest BCUT2D eigenvalue weighted by atomic mass is 10.2. The van der Waals surface area contributed by atoms with Crippen LogP contribution in [0.4, 0.5) is 4.39 Å². The van der Waals surface area contributed by atoms with E-state index in [4.69, 9.17) is 4.42 Å². The Labute approximate surface area is 208 Å². The van der Waals surface area contributed by atoms with Crippen molar-refractivity contribution < 1.29 is 22.0 Å². The molecule has 0 saturated carbocycles. The molecule has 36 heavy (non-hydrogen) atoms. The molecule has 0 radical (unpaired) electrons. The summed E-state index contributed by atoms with van der Waals surface area (Å²) < 4.78 is 47.0. The van der Waals surface area contributed by atoms with Crippen molar-refractivity contribution in [1.29, 1.82) is 0 Å². The summed E-state index contributed by atoms with van der Waals surface area (Å²) >= 11 is 0. The van der Waals surface area contributed by atoms with Crippen molar-refractivity contribution in [2.24, 2.45) is 5.10 Å². The first kappa shape index (κ1) is 25.0. The van der Waals surface area contributed by atoms with Crippen molar-refractivity contribution in [2.45, 2.75) is 24.9 Å². The quantitative estimate of drug-likeness (QED) is 0.259. The lowest BCUT2D eigenvalue weighted by Gasteiger charge is -2.21. The third kappa shape index (κ3) is 6.32. The molecular formula is C27H24FN3O4S. The molecule has 1 heterocycles. The summed E-state index contributed by atoms with van der Waals surface area (Å²) in [6.07, 6.45) is 1.31. The highest BCUT2D eigenvalue weighted by molar-refractivity contribution is 7.89. The van der Waals surface area contributed by atoms with E-state index < -0.39 is 21.7 Å². The van der Waals surface area contributed by atoms with Gasteiger partial charge in [-0.15, -0.1) is 0 Å². The van der Waals surface area contributed by atoms with Gasteiger partial charge in [-0.05, 0) is 61.0 Å². The van der Waals surface area contributed by atoms with E-state index in [1.54, 1.807) is 36.4 Å². The summed E-state index contributed by atoms with van der Waals surface area (Å²) in [6, 6.07) is 24.4. The Hall–Kier alpha value is -4.08. The first-order chi connectivity index (χ1) is 17.3. The largest absolute Gasteiger partial charge is 0.459 e. The van der Waals surface area contributed by atoms with Crippen LogP contribution in [0.3, 0.4) is 0 Å². The summed E-state index contributed by atoms with van der Waals surface area (Å²) in [4.78, 5) is 12.3. The van der Waals surface area contributed by atoms with E-state index in [-0.39, 0.29) is 23.5 Å². The van der Waals surface area contributed by atoms with Crippen LogP contribution < -0.4 is 5.43 Å². The molecule has 1 N–H and O–H groups in total. The van der Waals surface area contributed by atoms with E-state index in [0.29, 0.717) is 11.5 Å². The lowest BCUT2D eigenvalue weighted by molar-refractivity contribution is 0.0955. The molecule has 1 aromatic heterocycles. The average Bonchev–Trinajstić information content (AvgIpc) is 3.32. The molecule has 4 aromatic rings. The predicted octanol–water partition coefficient (Wildman–Crippen LogP) is 4.88. The minimum Gasteiger partial charge on any atom is -0.459 e. The molecule has 0 aliphatic rings. The second kappa shape index (κ2) is 11.1. The number of aryl methyl sites for hydroxylation is 1. The molecule has 0 atom stereocenters. The van der Waals surface area contributed by atoms with Crippen LogP contribution in [0.1, 0.15) is 33.0 Å². The van der Waals surface area contributed by atoms with Gasteiger partial charge in [0.1, 0.15) is 17.3 Å². The number of benzene rings is 3. The Morgan fingerprint density at radius 3 is 2.33 bits per heavy atom. The molecule has 9 heteroatoms. The number of halogens is 1. The maximum atomic E-state index is 13.4. The standard InChI is InChI=1S/C27H24FN3O4S/c1-20-7-15-26(16-8-20)36(33,34)31(18-21-5-3-2-4-6-21)19-25-14-13-24(35-25)17-29-30-27(32)22-9-11-23(28)12-10-22/h2-17H,18-19H2,1H3,(H,30,32)/b29-17-. The third-order valence-corrected chi connectivity index (χ3v) is 7.15. The van der Waals surface area contributed by atoms with E-state index in [1.165, 1.54) is 34.8 Å².